The number of fused-ring (bicyclic) bond motifs is 2. The summed E-state index contributed by atoms with van der Waals surface area (Å²) in [5, 5.41) is 7.32. The maximum absolute atomic E-state index is 12.3. The van der Waals surface area contributed by atoms with Crippen molar-refractivity contribution in [1.82, 2.24) is 15.6 Å². The second kappa shape index (κ2) is 6.27. The number of halogens is 2. The van der Waals surface area contributed by atoms with E-state index in [1.165, 1.54) is 12.6 Å². The van der Waals surface area contributed by atoms with Gasteiger partial charge in [-0.3, -0.25) is 4.79 Å². The Labute approximate surface area is 148 Å². The predicted octanol–water partition coefficient (Wildman–Crippen LogP) is 3.40. The number of nitrogens with zero attached hydrogens (tertiary/aromatic N) is 1. The van der Waals surface area contributed by atoms with E-state index in [-0.39, 0.29) is 23.8 Å². The molecule has 2 fully saturated rings. The number of benzene rings is 1. The minimum Gasteiger partial charge on any atom is -0.425 e. The quantitative estimate of drug-likeness (QED) is 0.865. The fourth-order valence-corrected chi connectivity index (χ4v) is 3.83. The molecular weight excluding hydrogens is 353 g/mol. The Kier molecular flexibility index (Phi) is 4.12. The third-order valence-corrected chi connectivity index (χ3v) is 4.79. The topological polar surface area (TPSA) is 76.4 Å². The zero-order valence-electron chi connectivity index (χ0n) is 12.6. The molecule has 126 valence electrons. The highest BCUT2D eigenvalue weighted by molar-refractivity contribution is 6.34. The Morgan fingerprint density at radius 1 is 1.29 bits per heavy atom. The number of carbonyl (C=O) groups excluding carboxylic acids is 1. The molecular formula is C16H15Cl2N3O3. The molecule has 1 amide bonds. The number of oxazole rings is 1. The van der Waals surface area contributed by atoms with Gasteiger partial charge in [-0.1, -0.05) is 23.2 Å². The Morgan fingerprint density at radius 3 is 2.75 bits per heavy atom. The summed E-state index contributed by atoms with van der Waals surface area (Å²) >= 11 is 11.8. The first-order valence-corrected chi connectivity index (χ1v) is 8.49. The molecule has 0 spiro atoms. The Balaban J connectivity index is 1.41. The summed E-state index contributed by atoms with van der Waals surface area (Å²) in [4.78, 5) is 16.2. The van der Waals surface area contributed by atoms with Gasteiger partial charge in [-0.2, -0.15) is 0 Å². The Hall–Kier alpha value is -1.76. The van der Waals surface area contributed by atoms with Crippen molar-refractivity contribution in [2.75, 3.05) is 0 Å². The summed E-state index contributed by atoms with van der Waals surface area (Å²) < 4.78 is 10.9. The van der Waals surface area contributed by atoms with E-state index < -0.39 is 0 Å². The van der Waals surface area contributed by atoms with Crippen molar-refractivity contribution in [3.63, 3.8) is 0 Å². The number of rotatable bonds is 4. The van der Waals surface area contributed by atoms with Crippen LogP contribution in [0.2, 0.25) is 10.0 Å². The fraction of sp³-hybridized carbons (Fsp3) is 0.375. The molecule has 8 heteroatoms. The second-order valence-corrected chi connectivity index (χ2v) is 6.93. The molecule has 3 unspecified atom stereocenters. The van der Waals surface area contributed by atoms with E-state index in [4.69, 9.17) is 32.4 Å². The average Bonchev–Trinajstić information content (AvgIpc) is 3.22. The SMILES string of the molecule is O=C(NC1CC2CCC1N2)c1ncc(Oc2cc(Cl)cc(Cl)c2)o1. The largest absolute Gasteiger partial charge is 0.425 e. The van der Waals surface area contributed by atoms with Crippen LogP contribution in [-0.4, -0.2) is 29.0 Å². The van der Waals surface area contributed by atoms with Crippen LogP contribution >= 0.6 is 23.2 Å². The van der Waals surface area contributed by atoms with Gasteiger partial charge in [0.2, 0.25) is 0 Å². The molecule has 3 heterocycles. The molecule has 0 radical (unpaired) electrons. The second-order valence-electron chi connectivity index (χ2n) is 6.05. The molecule has 2 saturated heterocycles. The summed E-state index contributed by atoms with van der Waals surface area (Å²) in [7, 11) is 0. The lowest BCUT2D eigenvalue weighted by Gasteiger charge is -2.20. The summed E-state index contributed by atoms with van der Waals surface area (Å²) in [5.74, 6) is 0.145. The van der Waals surface area contributed by atoms with Crippen LogP contribution in [0.25, 0.3) is 0 Å². The van der Waals surface area contributed by atoms with Gasteiger partial charge in [-0.05, 0) is 37.5 Å². The van der Waals surface area contributed by atoms with Gasteiger partial charge >= 0.3 is 11.9 Å². The first-order valence-electron chi connectivity index (χ1n) is 7.73. The highest BCUT2D eigenvalue weighted by atomic mass is 35.5. The maximum atomic E-state index is 12.3. The molecule has 24 heavy (non-hydrogen) atoms. The molecule has 0 aliphatic carbocycles. The van der Waals surface area contributed by atoms with Crippen molar-refractivity contribution in [3.05, 3.63) is 40.3 Å². The van der Waals surface area contributed by atoms with Crippen LogP contribution in [0.1, 0.15) is 29.9 Å². The van der Waals surface area contributed by atoms with Crippen LogP contribution in [0, 0.1) is 0 Å². The van der Waals surface area contributed by atoms with Gasteiger partial charge in [0.1, 0.15) is 11.9 Å². The highest BCUT2D eigenvalue weighted by Crippen LogP contribution is 2.30. The van der Waals surface area contributed by atoms with Crippen molar-refractivity contribution in [1.29, 1.82) is 0 Å². The molecule has 2 aliphatic heterocycles. The molecule has 6 nitrogen and oxygen atoms in total. The Morgan fingerprint density at radius 2 is 2.08 bits per heavy atom. The lowest BCUT2D eigenvalue weighted by Crippen LogP contribution is -2.43. The summed E-state index contributed by atoms with van der Waals surface area (Å²) in [6, 6.07) is 5.76. The van der Waals surface area contributed by atoms with Gasteiger partial charge in [0.25, 0.3) is 5.89 Å². The van der Waals surface area contributed by atoms with Gasteiger partial charge in [0.15, 0.2) is 0 Å². The van der Waals surface area contributed by atoms with Gasteiger partial charge in [-0.25, -0.2) is 4.98 Å². The van der Waals surface area contributed by atoms with Crippen molar-refractivity contribution in [2.24, 2.45) is 0 Å². The van der Waals surface area contributed by atoms with E-state index in [0.717, 1.165) is 12.8 Å². The molecule has 1 aromatic heterocycles. The van der Waals surface area contributed by atoms with E-state index in [1.807, 2.05) is 0 Å². The van der Waals surface area contributed by atoms with Crippen LogP contribution in [0.4, 0.5) is 0 Å². The predicted molar refractivity (Wildman–Crippen MR) is 88.9 cm³/mol. The summed E-state index contributed by atoms with van der Waals surface area (Å²) in [6.45, 7) is 0. The number of hydrogen-bond donors (Lipinski definition) is 2. The smallest absolute Gasteiger partial charge is 0.311 e. The molecule has 3 atom stereocenters. The van der Waals surface area contributed by atoms with Gasteiger partial charge in [0, 0.05) is 28.2 Å². The monoisotopic (exact) mass is 367 g/mol. The fourth-order valence-electron chi connectivity index (χ4n) is 3.33. The van der Waals surface area contributed by atoms with E-state index in [0.29, 0.717) is 27.9 Å². The number of ether oxygens (including phenoxy) is 1. The molecule has 4 rings (SSSR count). The zero-order chi connectivity index (χ0) is 16.7. The van der Waals surface area contributed by atoms with Crippen LogP contribution in [-0.2, 0) is 0 Å². The van der Waals surface area contributed by atoms with Gasteiger partial charge in [0.05, 0.1) is 0 Å². The zero-order valence-corrected chi connectivity index (χ0v) is 14.1. The lowest BCUT2D eigenvalue weighted by molar-refractivity contribution is 0.0891. The van der Waals surface area contributed by atoms with Crippen molar-refractivity contribution in [2.45, 2.75) is 37.4 Å². The van der Waals surface area contributed by atoms with E-state index in [2.05, 4.69) is 15.6 Å². The molecule has 2 N–H and O–H groups in total. The van der Waals surface area contributed by atoms with E-state index in [1.54, 1.807) is 18.2 Å². The lowest BCUT2D eigenvalue weighted by atomic mass is 9.95. The van der Waals surface area contributed by atoms with Gasteiger partial charge in [-0.15, -0.1) is 0 Å². The standard InChI is InChI=1S/C16H15Cl2N3O3/c17-8-3-9(18)5-11(4-8)23-14-7-19-16(24-14)15(22)21-13-6-10-1-2-12(13)20-10/h3-5,7,10,12-13,20H,1-2,6H2,(H,21,22). The Bertz CT molecular complexity index is 759. The minimum absolute atomic E-state index is 0.0269. The van der Waals surface area contributed by atoms with Crippen molar-refractivity contribution >= 4 is 29.1 Å². The van der Waals surface area contributed by atoms with Crippen molar-refractivity contribution < 1.29 is 13.9 Å². The van der Waals surface area contributed by atoms with Crippen LogP contribution in [0.5, 0.6) is 11.7 Å². The van der Waals surface area contributed by atoms with E-state index in [9.17, 15) is 4.79 Å². The minimum atomic E-state index is -0.340. The summed E-state index contributed by atoms with van der Waals surface area (Å²) in [6.07, 6.45) is 4.56. The van der Waals surface area contributed by atoms with Crippen LogP contribution in [0.3, 0.4) is 0 Å². The van der Waals surface area contributed by atoms with Crippen LogP contribution in [0.15, 0.2) is 28.8 Å². The maximum Gasteiger partial charge on any atom is 0.311 e. The third-order valence-electron chi connectivity index (χ3n) is 4.35. The molecule has 1 aromatic carbocycles. The van der Waals surface area contributed by atoms with Gasteiger partial charge < -0.3 is 19.8 Å². The van der Waals surface area contributed by atoms with Crippen molar-refractivity contribution in [3.8, 4) is 11.7 Å². The van der Waals surface area contributed by atoms with Crippen LogP contribution < -0.4 is 15.4 Å². The average molecular weight is 368 g/mol. The number of hydrogen-bond acceptors (Lipinski definition) is 5. The number of nitrogens with one attached hydrogen (secondary N) is 2. The molecule has 0 saturated carbocycles. The summed E-state index contributed by atoms with van der Waals surface area (Å²) in [5.41, 5.74) is 0. The normalized spacial score (nSPS) is 25.0. The number of carbonyl (C=O) groups is 1. The third kappa shape index (κ3) is 3.22. The number of aromatic nitrogens is 1. The highest BCUT2D eigenvalue weighted by Gasteiger charge is 2.40. The molecule has 2 aliphatic rings. The molecule has 2 aromatic rings. The first kappa shape index (κ1) is 15.7. The number of amides is 1. The van der Waals surface area contributed by atoms with E-state index >= 15 is 0 Å². The molecule has 2 bridgehead atoms. The first-order chi connectivity index (χ1) is 11.6.